The molecule has 0 amide bonds. The van der Waals surface area contributed by atoms with Crippen LogP contribution in [-0.2, 0) is 70.0 Å². The molecule has 1 aliphatic rings. The van der Waals surface area contributed by atoms with Gasteiger partial charge in [-0.15, -0.1) is 0 Å². The number of carbonyl (C=O) groups is 6. The fraction of sp³-hybridized carbons (Fsp3) is 0.542. The van der Waals surface area contributed by atoms with Crippen molar-refractivity contribution in [3.05, 3.63) is 77.1 Å². The van der Waals surface area contributed by atoms with E-state index in [0.29, 0.717) is 41.7 Å². The number of halogens is 1. The summed E-state index contributed by atoms with van der Waals surface area (Å²) in [6.45, 7) is 11.9. The molecule has 0 saturated heterocycles. The van der Waals surface area contributed by atoms with Gasteiger partial charge in [-0.05, 0) is 111 Å². The molecule has 14 heteroatoms. The Labute approximate surface area is 364 Å². The molecule has 0 aliphatic heterocycles. The zero-order valence-electron chi connectivity index (χ0n) is 37.2. The van der Waals surface area contributed by atoms with E-state index in [4.69, 9.17) is 23.7 Å². The first kappa shape index (κ1) is 50.8. The van der Waals surface area contributed by atoms with Gasteiger partial charge in [-0.25, -0.2) is 33.2 Å². The third kappa shape index (κ3) is 15.4. The molecule has 0 radical (unpaired) electrons. The second kappa shape index (κ2) is 25.4. The summed E-state index contributed by atoms with van der Waals surface area (Å²) in [6.07, 6.45) is 11.1. The highest BCUT2D eigenvalue weighted by molar-refractivity contribution is 6.30. The molecule has 1 fully saturated rings. The van der Waals surface area contributed by atoms with Crippen molar-refractivity contribution in [3.8, 4) is 16.9 Å². The first-order valence-electron chi connectivity index (χ1n) is 21.3. The number of hydrogen-bond donors (Lipinski definition) is 0. The molecule has 2 aromatic carbocycles. The van der Waals surface area contributed by atoms with Crippen LogP contribution in [0.4, 0.5) is 4.39 Å². The van der Waals surface area contributed by atoms with Crippen LogP contribution in [0, 0.1) is 17.2 Å². The van der Waals surface area contributed by atoms with Crippen molar-refractivity contribution >= 4 is 35.8 Å². The molecule has 1 aliphatic carbocycles. The fourth-order valence-corrected chi connectivity index (χ4v) is 7.29. The van der Waals surface area contributed by atoms with Gasteiger partial charge in [0.2, 0.25) is 0 Å². The first-order valence-corrected chi connectivity index (χ1v) is 21.3. The number of rotatable bonds is 23. The van der Waals surface area contributed by atoms with E-state index in [9.17, 15) is 28.8 Å². The van der Waals surface area contributed by atoms with Crippen molar-refractivity contribution in [2.45, 2.75) is 111 Å². The number of benzene rings is 2. The van der Waals surface area contributed by atoms with E-state index >= 15 is 4.39 Å². The Bertz CT molecular complexity index is 1880. The lowest BCUT2D eigenvalue weighted by Gasteiger charge is -2.32. The number of carbonyl (C=O) groups excluding carboxylic acids is 6. The van der Waals surface area contributed by atoms with Gasteiger partial charge in [-0.1, -0.05) is 71.2 Å². The molecule has 0 N–H and O–H groups in total. The first-order chi connectivity index (χ1) is 29.6. The van der Waals surface area contributed by atoms with Crippen molar-refractivity contribution in [2.24, 2.45) is 11.3 Å². The Balaban J connectivity index is 2.08. The van der Waals surface area contributed by atoms with Gasteiger partial charge in [0.1, 0.15) is 43.4 Å². The minimum Gasteiger partial charge on any atom is -0.492 e. The van der Waals surface area contributed by atoms with E-state index in [1.807, 2.05) is 25.1 Å². The summed E-state index contributed by atoms with van der Waals surface area (Å²) < 4.78 is 53.0. The van der Waals surface area contributed by atoms with Crippen molar-refractivity contribution in [1.82, 2.24) is 0 Å². The lowest BCUT2D eigenvalue weighted by molar-refractivity contribution is -0.177. The van der Waals surface area contributed by atoms with Crippen LogP contribution in [-0.4, -0.2) is 83.1 Å². The standard InChI is InChI=1S/C48H63FO13/c1-9-11-12-15-33-17-19-34(20-18-33)35-21-22-38(40(49)25-35)39-24-37(16-13-23-58-42(50)31(3)4)41(26-36(39)14-10-2)59-27-48(28-60-43(51)32(5)6,29-61-46(54)44(52)56-7)30-62-47(55)45(53)57-8/h21-22,24-26,33-34H,3,5,9-20,23,27-30H2,1-2,4,6-8H3. The zero-order valence-corrected chi connectivity index (χ0v) is 37.2. The van der Waals surface area contributed by atoms with Gasteiger partial charge in [0.25, 0.3) is 0 Å². The molecule has 13 nitrogen and oxygen atoms in total. The van der Waals surface area contributed by atoms with E-state index in [0.717, 1.165) is 56.9 Å². The topological polar surface area (TPSA) is 167 Å². The van der Waals surface area contributed by atoms with Crippen molar-refractivity contribution in [3.63, 3.8) is 0 Å². The zero-order chi connectivity index (χ0) is 45.8. The van der Waals surface area contributed by atoms with Crippen LogP contribution in [0.25, 0.3) is 11.1 Å². The van der Waals surface area contributed by atoms with E-state index in [1.54, 1.807) is 12.1 Å². The average molecular weight is 867 g/mol. The number of hydrogen-bond acceptors (Lipinski definition) is 13. The van der Waals surface area contributed by atoms with Crippen molar-refractivity contribution in [1.29, 1.82) is 0 Å². The molecule has 0 unspecified atom stereocenters. The maximum absolute atomic E-state index is 16.4. The molecule has 340 valence electrons. The van der Waals surface area contributed by atoms with Crippen LogP contribution in [0.3, 0.4) is 0 Å². The predicted molar refractivity (Wildman–Crippen MR) is 228 cm³/mol. The third-order valence-electron chi connectivity index (χ3n) is 10.9. The molecule has 62 heavy (non-hydrogen) atoms. The quantitative estimate of drug-likeness (QED) is 0.0345. The largest absolute Gasteiger partial charge is 0.492 e. The Morgan fingerprint density at radius 3 is 1.76 bits per heavy atom. The molecule has 0 atom stereocenters. The molecule has 0 heterocycles. The summed E-state index contributed by atoms with van der Waals surface area (Å²) in [4.78, 5) is 73.8. The van der Waals surface area contributed by atoms with Gasteiger partial charge >= 0.3 is 35.8 Å². The minimum absolute atomic E-state index is 0.0258. The second-order valence-electron chi connectivity index (χ2n) is 16.1. The summed E-state index contributed by atoms with van der Waals surface area (Å²) in [5.74, 6) is -5.88. The molecule has 0 aromatic heterocycles. The number of methoxy groups -OCH3 is 2. The number of unbranched alkanes of at least 4 members (excludes halogenated alkanes) is 2. The highest BCUT2D eigenvalue weighted by atomic mass is 19.1. The monoisotopic (exact) mass is 866 g/mol. The summed E-state index contributed by atoms with van der Waals surface area (Å²) in [6, 6.07) is 9.10. The molecular weight excluding hydrogens is 804 g/mol. The van der Waals surface area contributed by atoms with Crippen LogP contribution in [0.15, 0.2) is 54.6 Å². The Morgan fingerprint density at radius 2 is 1.23 bits per heavy atom. The van der Waals surface area contributed by atoms with Crippen molar-refractivity contribution in [2.75, 3.05) is 47.3 Å². The van der Waals surface area contributed by atoms with Crippen LogP contribution in [0.2, 0.25) is 0 Å². The highest BCUT2D eigenvalue weighted by Gasteiger charge is 2.39. The smallest absolute Gasteiger partial charge is 0.417 e. The normalized spacial score (nSPS) is 14.8. The average Bonchev–Trinajstić information content (AvgIpc) is 3.26. The molecular formula is C48H63FO13. The van der Waals surface area contributed by atoms with Crippen LogP contribution < -0.4 is 4.74 Å². The third-order valence-corrected chi connectivity index (χ3v) is 10.9. The Kier molecular flexibility index (Phi) is 20.8. The van der Waals surface area contributed by atoms with E-state index in [1.165, 1.54) is 39.5 Å². The van der Waals surface area contributed by atoms with E-state index in [-0.39, 0.29) is 35.9 Å². The van der Waals surface area contributed by atoms with Crippen LogP contribution in [0.1, 0.15) is 115 Å². The molecule has 0 spiro atoms. The van der Waals surface area contributed by atoms with Crippen LogP contribution in [0.5, 0.6) is 5.75 Å². The maximum Gasteiger partial charge on any atom is 0.417 e. The highest BCUT2D eigenvalue weighted by Crippen LogP contribution is 2.40. The summed E-state index contributed by atoms with van der Waals surface area (Å²) >= 11 is 0. The minimum atomic E-state index is -1.73. The number of aryl methyl sites for hydroxylation is 2. The number of esters is 6. The SMILES string of the molecule is C=C(C)C(=O)OCCCc1cc(-c2ccc(C3CCC(CCCCC)CC3)cc2F)c(CCC)cc1OCC(COC(=O)C(=C)C)(COC(=O)C(=O)OC)COC(=O)C(=O)OC. The van der Waals surface area contributed by atoms with Crippen molar-refractivity contribution < 1.29 is 66.3 Å². The lowest BCUT2D eigenvalue weighted by Crippen LogP contribution is -2.45. The van der Waals surface area contributed by atoms with Crippen LogP contribution >= 0.6 is 0 Å². The molecule has 0 bridgehead atoms. The van der Waals surface area contributed by atoms with Gasteiger partial charge in [-0.3, -0.25) is 0 Å². The number of ether oxygens (including phenoxy) is 7. The van der Waals surface area contributed by atoms with Gasteiger partial charge in [0.15, 0.2) is 0 Å². The molecule has 1 saturated carbocycles. The Morgan fingerprint density at radius 1 is 0.645 bits per heavy atom. The van der Waals surface area contributed by atoms with E-state index in [2.05, 4.69) is 29.6 Å². The maximum atomic E-state index is 16.4. The second-order valence-corrected chi connectivity index (χ2v) is 16.1. The van der Waals surface area contributed by atoms with Gasteiger partial charge in [0, 0.05) is 16.7 Å². The molecule has 3 rings (SSSR count). The van der Waals surface area contributed by atoms with Gasteiger partial charge in [-0.2, -0.15) is 0 Å². The summed E-state index contributed by atoms with van der Waals surface area (Å²) in [5, 5.41) is 0. The lowest BCUT2D eigenvalue weighted by atomic mass is 9.76. The summed E-state index contributed by atoms with van der Waals surface area (Å²) in [5.41, 5.74) is 1.93. The summed E-state index contributed by atoms with van der Waals surface area (Å²) in [7, 11) is 1.96. The molecule has 2 aromatic rings. The van der Waals surface area contributed by atoms with Gasteiger partial charge < -0.3 is 33.2 Å². The Hall–Kier alpha value is -5.53. The van der Waals surface area contributed by atoms with Gasteiger partial charge in [0.05, 0.1) is 20.8 Å². The fourth-order valence-electron chi connectivity index (χ4n) is 7.29. The predicted octanol–water partition coefficient (Wildman–Crippen LogP) is 8.27. The van der Waals surface area contributed by atoms with E-state index < -0.39 is 67.7 Å².